The summed E-state index contributed by atoms with van der Waals surface area (Å²) >= 11 is 0. The quantitative estimate of drug-likeness (QED) is 0.144. The van der Waals surface area contributed by atoms with Gasteiger partial charge in [-0.05, 0) is 143 Å². The van der Waals surface area contributed by atoms with Crippen molar-refractivity contribution in [2.75, 3.05) is 14.7 Å². The molecular formula is C57H63N3. The first-order valence-electron chi connectivity index (χ1n) is 21.5. The summed E-state index contributed by atoms with van der Waals surface area (Å²) in [4.78, 5) is 7.49. The fourth-order valence-electron chi connectivity index (χ4n) is 8.47. The van der Waals surface area contributed by atoms with Crippen molar-refractivity contribution in [1.29, 1.82) is 0 Å². The van der Waals surface area contributed by atoms with E-state index in [-0.39, 0.29) is 16.2 Å². The maximum Gasteiger partial charge on any atom is 0.0562 e. The molecule has 0 aliphatic heterocycles. The highest BCUT2D eigenvalue weighted by Gasteiger charge is 2.32. The molecule has 0 fully saturated rings. The summed E-state index contributed by atoms with van der Waals surface area (Å²) in [5, 5.41) is 0. The zero-order valence-corrected chi connectivity index (χ0v) is 37.9. The Kier molecular flexibility index (Phi) is 11.6. The van der Waals surface area contributed by atoms with Crippen molar-refractivity contribution in [2.24, 2.45) is 0 Å². The number of para-hydroxylation sites is 3. The molecule has 0 spiro atoms. The van der Waals surface area contributed by atoms with Gasteiger partial charge in [0.1, 0.15) is 0 Å². The Morgan fingerprint density at radius 1 is 0.267 bits per heavy atom. The number of nitrogens with zero attached hydrogens (tertiary/aromatic N) is 3. The van der Waals surface area contributed by atoms with Gasteiger partial charge in [-0.15, -0.1) is 0 Å². The Labute approximate surface area is 361 Å². The molecule has 3 heteroatoms. The summed E-state index contributed by atoms with van der Waals surface area (Å²) in [5.74, 6) is 0. The van der Waals surface area contributed by atoms with Crippen molar-refractivity contribution in [1.82, 2.24) is 0 Å². The van der Waals surface area contributed by atoms with Crippen molar-refractivity contribution in [3.63, 3.8) is 0 Å². The smallest absolute Gasteiger partial charge is 0.0562 e. The number of hydrogen-bond acceptors (Lipinski definition) is 3. The Morgan fingerprint density at radius 2 is 0.483 bits per heavy atom. The summed E-state index contributed by atoms with van der Waals surface area (Å²) < 4.78 is 0. The second kappa shape index (κ2) is 16.5. The van der Waals surface area contributed by atoms with Crippen LogP contribution in [0, 0.1) is 20.8 Å². The molecule has 0 atom stereocenters. The van der Waals surface area contributed by atoms with Gasteiger partial charge in [-0.1, -0.05) is 153 Å². The number of hydrogen-bond donors (Lipinski definition) is 0. The average molecular weight is 790 g/mol. The highest BCUT2D eigenvalue weighted by Crippen LogP contribution is 2.54. The summed E-state index contributed by atoms with van der Waals surface area (Å²) in [6.07, 6.45) is 0. The lowest BCUT2D eigenvalue weighted by Crippen LogP contribution is -2.23. The predicted molar refractivity (Wildman–Crippen MR) is 261 cm³/mol. The average Bonchev–Trinajstić information content (AvgIpc) is 3.23. The van der Waals surface area contributed by atoms with Crippen LogP contribution in [0.5, 0.6) is 0 Å². The van der Waals surface area contributed by atoms with Gasteiger partial charge in [0.05, 0.1) is 17.1 Å². The minimum atomic E-state index is -0.0313. The molecule has 0 amide bonds. The van der Waals surface area contributed by atoms with Gasteiger partial charge < -0.3 is 14.7 Å². The summed E-state index contributed by atoms with van der Waals surface area (Å²) in [5.41, 5.74) is 17.5. The standard InChI is InChI=1S/C57H63N3/c1-40-52(58(46-28-16-13-17-29-46)49-34-22-25-43(37-49)55(4,5)6)41(2)54(60(48-32-20-15-21-33-48)51-36-24-27-45(39-51)57(10,11)12)42(3)53(40)59(47-30-18-14-19-31-47)50-35-23-26-44(38-50)56(7,8)9/h13-39H,1-12H3. The third kappa shape index (κ3) is 8.50. The molecule has 0 saturated heterocycles. The summed E-state index contributed by atoms with van der Waals surface area (Å²) in [6.45, 7) is 27.6. The second-order valence-corrected chi connectivity index (χ2v) is 19.3. The minimum Gasteiger partial charge on any atom is -0.310 e. The Balaban J connectivity index is 1.67. The summed E-state index contributed by atoms with van der Waals surface area (Å²) in [6, 6.07) is 60.1. The summed E-state index contributed by atoms with van der Waals surface area (Å²) in [7, 11) is 0. The monoisotopic (exact) mass is 790 g/mol. The first kappa shape index (κ1) is 42.1. The molecule has 0 aromatic heterocycles. The Bertz CT molecular complexity index is 2260. The first-order valence-corrected chi connectivity index (χ1v) is 21.5. The van der Waals surface area contributed by atoms with Crippen LogP contribution in [0.4, 0.5) is 51.2 Å². The minimum absolute atomic E-state index is 0.0313. The molecular weight excluding hydrogens is 727 g/mol. The molecule has 306 valence electrons. The second-order valence-electron chi connectivity index (χ2n) is 19.3. The van der Waals surface area contributed by atoms with Gasteiger partial charge >= 0.3 is 0 Å². The van der Waals surface area contributed by atoms with E-state index < -0.39 is 0 Å². The van der Waals surface area contributed by atoms with Crippen molar-refractivity contribution in [3.05, 3.63) is 197 Å². The van der Waals surface area contributed by atoms with Crippen molar-refractivity contribution >= 4 is 51.2 Å². The lowest BCUT2D eigenvalue weighted by molar-refractivity contribution is 0.590. The van der Waals surface area contributed by atoms with E-state index in [4.69, 9.17) is 0 Å². The predicted octanol–water partition coefficient (Wildman–Crippen LogP) is 16.9. The van der Waals surface area contributed by atoms with E-state index in [1.54, 1.807) is 0 Å². The Morgan fingerprint density at radius 3 is 0.700 bits per heavy atom. The van der Waals surface area contributed by atoms with E-state index in [1.807, 2.05) is 0 Å². The van der Waals surface area contributed by atoms with Crippen LogP contribution in [0.2, 0.25) is 0 Å². The largest absolute Gasteiger partial charge is 0.310 e. The molecule has 7 aromatic rings. The van der Waals surface area contributed by atoms with Gasteiger partial charge in [-0.3, -0.25) is 0 Å². The van der Waals surface area contributed by atoms with Crippen LogP contribution in [0.25, 0.3) is 0 Å². The molecule has 3 nitrogen and oxygen atoms in total. The molecule has 0 aliphatic rings. The zero-order valence-electron chi connectivity index (χ0n) is 37.9. The van der Waals surface area contributed by atoms with Crippen LogP contribution in [0.1, 0.15) is 95.7 Å². The van der Waals surface area contributed by atoms with Crippen molar-refractivity contribution in [3.8, 4) is 0 Å². The van der Waals surface area contributed by atoms with E-state index in [1.165, 1.54) is 33.4 Å². The topological polar surface area (TPSA) is 9.72 Å². The fourth-order valence-corrected chi connectivity index (χ4v) is 8.47. The zero-order chi connectivity index (χ0) is 43.0. The van der Waals surface area contributed by atoms with Gasteiger partial charge in [-0.2, -0.15) is 0 Å². The van der Waals surface area contributed by atoms with E-state index >= 15 is 0 Å². The molecule has 0 saturated carbocycles. The van der Waals surface area contributed by atoms with Crippen LogP contribution in [-0.2, 0) is 16.2 Å². The molecule has 0 heterocycles. The molecule has 0 unspecified atom stereocenters. The number of rotatable bonds is 9. The molecule has 0 N–H and O–H groups in total. The highest BCUT2D eigenvalue weighted by molar-refractivity contribution is 5.97. The van der Waals surface area contributed by atoms with Crippen LogP contribution < -0.4 is 14.7 Å². The van der Waals surface area contributed by atoms with E-state index in [9.17, 15) is 0 Å². The van der Waals surface area contributed by atoms with E-state index in [0.29, 0.717) is 0 Å². The van der Waals surface area contributed by atoms with Gasteiger partial charge in [-0.25, -0.2) is 0 Å². The number of benzene rings is 7. The van der Waals surface area contributed by atoms with E-state index in [2.05, 4.69) is 262 Å². The molecule has 7 rings (SSSR count). The van der Waals surface area contributed by atoms with Crippen LogP contribution in [-0.4, -0.2) is 0 Å². The SMILES string of the molecule is Cc1c(N(c2ccccc2)c2cccc(C(C)(C)C)c2)c(C)c(N(c2ccccc2)c2cccc(C(C)(C)C)c2)c(C)c1N(c1ccccc1)c1cccc(C(C)(C)C)c1. The van der Waals surface area contributed by atoms with Gasteiger partial charge in [0.2, 0.25) is 0 Å². The maximum absolute atomic E-state index is 2.50. The van der Waals surface area contributed by atoms with Gasteiger partial charge in [0.25, 0.3) is 0 Å². The van der Waals surface area contributed by atoms with Crippen LogP contribution >= 0.6 is 0 Å². The van der Waals surface area contributed by atoms with Crippen molar-refractivity contribution in [2.45, 2.75) is 99.3 Å². The maximum atomic E-state index is 2.50. The van der Waals surface area contributed by atoms with Crippen LogP contribution in [0.15, 0.2) is 164 Å². The molecule has 60 heavy (non-hydrogen) atoms. The Hall–Kier alpha value is -6.06. The van der Waals surface area contributed by atoms with Gasteiger partial charge in [0, 0.05) is 34.1 Å². The normalized spacial score (nSPS) is 12.0. The molecule has 0 aliphatic carbocycles. The lowest BCUT2D eigenvalue weighted by atomic mass is 9.86. The molecule has 0 bridgehead atoms. The molecule has 7 aromatic carbocycles. The molecule has 0 radical (unpaired) electrons. The third-order valence-corrected chi connectivity index (χ3v) is 11.8. The highest BCUT2D eigenvalue weighted by atomic mass is 15.2. The third-order valence-electron chi connectivity index (χ3n) is 11.8. The van der Waals surface area contributed by atoms with Crippen LogP contribution in [0.3, 0.4) is 0 Å². The van der Waals surface area contributed by atoms with Crippen molar-refractivity contribution < 1.29 is 0 Å². The lowest BCUT2D eigenvalue weighted by Gasteiger charge is -2.39. The van der Waals surface area contributed by atoms with E-state index in [0.717, 1.165) is 51.2 Å². The first-order chi connectivity index (χ1) is 28.4. The fraction of sp³-hybridized carbons (Fsp3) is 0.263. The van der Waals surface area contributed by atoms with Gasteiger partial charge in [0.15, 0.2) is 0 Å². The number of anilines is 9.